The number of aliphatic hydroxyl groups excluding tert-OH is 2. The van der Waals surface area contributed by atoms with Gasteiger partial charge in [-0.3, -0.25) is 4.79 Å². The molecule has 66 heavy (non-hydrogen) atoms. The number of sulfonamides is 1. The molecule has 1 aromatic carbocycles. The van der Waals surface area contributed by atoms with Crippen LogP contribution in [-0.2, 0) is 43.2 Å². The predicted octanol–water partition coefficient (Wildman–Crippen LogP) is 3.68. The van der Waals surface area contributed by atoms with Crippen molar-refractivity contribution in [3.05, 3.63) is 29.3 Å². The van der Waals surface area contributed by atoms with Gasteiger partial charge < -0.3 is 64.2 Å². The predicted molar refractivity (Wildman–Crippen MR) is 249 cm³/mol. The molecule has 382 valence electrons. The Morgan fingerprint density at radius 2 is 1.59 bits per heavy atom. The molecule has 0 bridgehead atoms. The number of aliphatic hydroxyl groups is 5. The van der Waals surface area contributed by atoms with Crippen LogP contribution in [0.4, 0.5) is 0 Å². The second-order valence-corrected chi connectivity index (χ2v) is 22.6. The Hall–Kier alpha value is -1.59. The van der Waals surface area contributed by atoms with Gasteiger partial charge >= 0.3 is 5.97 Å². The molecule has 3 aliphatic heterocycles. The first-order valence-electron chi connectivity index (χ1n) is 23.6. The molecule has 0 spiro atoms. The highest BCUT2D eigenvalue weighted by atomic mass is 35.5. The van der Waals surface area contributed by atoms with E-state index in [-0.39, 0.29) is 43.0 Å². The molecule has 18 atom stereocenters. The van der Waals surface area contributed by atoms with Crippen molar-refractivity contribution in [1.82, 2.24) is 14.5 Å². The summed E-state index contributed by atoms with van der Waals surface area (Å²) in [6.45, 7) is 20.2. The first-order valence-corrected chi connectivity index (χ1v) is 25.4. The molecule has 0 aromatic heterocycles. The second-order valence-electron chi connectivity index (χ2n) is 20.2. The van der Waals surface area contributed by atoms with Crippen molar-refractivity contribution in [2.45, 2.75) is 203 Å². The molecule has 17 nitrogen and oxygen atoms in total. The largest absolute Gasteiger partial charge is 0.459 e. The smallest absolute Gasteiger partial charge is 0.311 e. The number of hydrogen-bond acceptors (Lipinski definition) is 16. The number of carbonyl (C=O) groups is 1. The van der Waals surface area contributed by atoms with Crippen LogP contribution in [0.5, 0.6) is 0 Å². The number of rotatable bonds is 13. The van der Waals surface area contributed by atoms with E-state index in [0.717, 1.165) is 10.7 Å². The summed E-state index contributed by atoms with van der Waals surface area (Å²) in [4.78, 5) is 16.4. The Kier molecular flexibility index (Phi) is 19.6. The Morgan fingerprint density at radius 1 is 0.970 bits per heavy atom. The summed E-state index contributed by atoms with van der Waals surface area (Å²) in [7, 11) is 0.528. The van der Waals surface area contributed by atoms with Gasteiger partial charge in [0.05, 0.1) is 46.9 Å². The van der Waals surface area contributed by atoms with Crippen LogP contribution in [0.15, 0.2) is 29.2 Å². The van der Waals surface area contributed by atoms with E-state index in [1.54, 1.807) is 62.4 Å². The van der Waals surface area contributed by atoms with Crippen LogP contribution in [0.2, 0.25) is 5.02 Å². The minimum atomic E-state index is -4.15. The standard InChI is InChI=1S/C47H82ClN3O14S/c1-15-21-49-26-47(57)32(8)62-37(24-45(47,10)60-14)64-39-29(5)41(65-43-38(52)35(22-28(4)61-43)51(13)66(58,59)34-19-17-33(48)18-20-34)44(9,55)23-27(3)25-50(12)31(7)40(53)46(11,56)36(16-2)63-42(54)30(39)6/h17-20,27-32,35-41,43,49,52-53,55-57H,15-16,21-26H2,1-14H3/t27-,28-,29+,30-,31-,32+,35+,36-,37+,38-,39+,40-,41-,43+,44-,45-,46-,47+/m1/s1. The molecule has 3 fully saturated rings. The number of cyclic esters (lactones) is 1. The molecule has 4 rings (SSSR count). The van der Waals surface area contributed by atoms with E-state index in [9.17, 15) is 38.7 Å². The van der Waals surface area contributed by atoms with E-state index in [4.69, 9.17) is 40.0 Å². The lowest BCUT2D eigenvalue weighted by Crippen LogP contribution is -2.70. The zero-order chi connectivity index (χ0) is 49.9. The van der Waals surface area contributed by atoms with Gasteiger partial charge in [-0.2, -0.15) is 4.31 Å². The van der Waals surface area contributed by atoms with E-state index >= 15 is 0 Å². The van der Waals surface area contributed by atoms with Crippen LogP contribution in [0.3, 0.4) is 0 Å². The van der Waals surface area contributed by atoms with Crippen LogP contribution in [0, 0.1) is 17.8 Å². The minimum absolute atomic E-state index is 0.0167. The Balaban J connectivity index is 1.84. The van der Waals surface area contributed by atoms with E-state index in [1.165, 1.54) is 45.3 Å². The van der Waals surface area contributed by atoms with E-state index in [0.29, 0.717) is 18.1 Å². The molecular weight excluding hydrogens is 898 g/mol. The Bertz CT molecular complexity index is 1830. The van der Waals surface area contributed by atoms with Crippen LogP contribution in [-0.4, -0.2) is 180 Å². The lowest BCUT2D eigenvalue weighted by atomic mass is 9.75. The van der Waals surface area contributed by atoms with Gasteiger partial charge in [0.2, 0.25) is 10.0 Å². The van der Waals surface area contributed by atoms with E-state index < -0.39 is 118 Å². The number of carbonyl (C=O) groups excluding carboxylic acids is 1. The molecule has 0 saturated carbocycles. The van der Waals surface area contributed by atoms with Crippen molar-refractivity contribution in [3.63, 3.8) is 0 Å². The molecule has 3 saturated heterocycles. The van der Waals surface area contributed by atoms with Crippen LogP contribution < -0.4 is 5.32 Å². The highest BCUT2D eigenvalue weighted by molar-refractivity contribution is 7.89. The third kappa shape index (κ3) is 12.3. The van der Waals surface area contributed by atoms with Gasteiger partial charge in [0.25, 0.3) is 0 Å². The molecule has 0 radical (unpaired) electrons. The molecule has 0 amide bonds. The van der Waals surface area contributed by atoms with Crippen LogP contribution in [0.25, 0.3) is 0 Å². The minimum Gasteiger partial charge on any atom is -0.459 e. The Morgan fingerprint density at radius 3 is 2.17 bits per heavy atom. The van der Waals surface area contributed by atoms with Gasteiger partial charge in [-0.25, -0.2) is 8.42 Å². The second kappa shape index (κ2) is 22.7. The van der Waals surface area contributed by atoms with Gasteiger partial charge in [0, 0.05) is 50.7 Å². The number of hydrogen-bond donors (Lipinski definition) is 6. The third-order valence-electron chi connectivity index (χ3n) is 14.8. The van der Waals surface area contributed by atoms with Crippen LogP contribution >= 0.6 is 11.6 Å². The number of esters is 1. The summed E-state index contributed by atoms with van der Waals surface area (Å²) in [5.41, 5.74) is -6.35. The average Bonchev–Trinajstić information content (AvgIpc) is 3.24. The molecule has 6 N–H and O–H groups in total. The third-order valence-corrected chi connectivity index (χ3v) is 16.9. The monoisotopic (exact) mass is 980 g/mol. The molecule has 19 heteroatoms. The van der Waals surface area contributed by atoms with Gasteiger partial charge in [0.1, 0.15) is 35.1 Å². The molecule has 0 aliphatic carbocycles. The van der Waals surface area contributed by atoms with Crippen molar-refractivity contribution in [2.24, 2.45) is 17.8 Å². The quantitative estimate of drug-likeness (QED) is 0.123. The summed E-state index contributed by atoms with van der Waals surface area (Å²) in [5, 5.41) is 64.2. The lowest BCUT2D eigenvalue weighted by Gasteiger charge is -2.53. The number of likely N-dealkylation sites (N-methyl/N-ethyl adjacent to an activating group) is 2. The fourth-order valence-corrected chi connectivity index (χ4v) is 11.9. The molecule has 0 unspecified atom stereocenters. The average molecular weight is 981 g/mol. The van der Waals surface area contributed by atoms with Crippen molar-refractivity contribution < 1.29 is 67.2 Å². The lowest BCUT2D eigenvalue weighted by molar-refractivity contribution is -0.336. The molecular formula is C47H82ClN3O14S. The maximum absolute atomic E-state index is 14.6. The van der Waals surface area contributed by atoms with Gasteiger partial charge in [0.15, 0.2) is 12.6 Å². The number of halogens is 1. The van der Waals surface area contributed by atoms with Crippen molar-refractivity contribution in [3.8, 4) is 0 Å². The maximum atomic E-state index is 14.6. The summed E-state index contributed by atoms with van der Waals surface area (Å²) in [5.74, 6) is -3.13. The topological polar surface area (TPSA) is 226 Å². The molecule has 3 heterocycles. The van der Waals surface area contributed by atoms with Gasteiger partial charge in [-0.05, 0) is 118 Å². The van der Waals surface area contributed by atoms with Gasteiger partial charge in [-0.15, -0.1) is 0 Å². The first kappa shape index (κ1) is 57.0. The normalized spacial score (nSPS) is 43.0. The number of nitrogens with one attached hydrogen (secondary N) is 1. The van der Waals surface area contributed by atoms with Crippen molar-refractivity contribution in [1.29, 1.82) is 0 Å². The van der Waals surface area contributed by atoms with Crippen molar-refractivity contribution >= 4 is 27.6 Å². The summed E-state index contributed by atoms with van der Waals surface area (Å²) in [6.07, 6.45) is -9.33. The van der Waals surface area contributed by atoms with Crippen molar-refractivity contribution in [2.75, 3.05) is 40.8 Å². The van der Waals surface area contributed by atoms with E-state index in [1.807, 2.05) is 18.7 Å². The van der Waals surface area contributed by atoms with Gasteiger partial charge in [-0.1, -0.05) is 39.3 Å². The number of methoxy groups -OCH3 is 1. The zero-order valence-electron chi connectivity index (χ0n) is 41.6. The van der Waals surface area contributed by atoms with Crippen LogP contribution in [0.1, 0.15) is 108 Å². The summed E-state index contributed by atoms with van der Waals surface area (Å²) >= 11 is 6.07. The zero-order valence-corrected chi connectivity index (χ0v) is 43.2. The Labute approximate surface area is 398 Å². The molecule has 3 aliphatic rings. The molecule has 1 aromatic rings. The highest BCUT2D eigenvalue weighted by Crippen LogP contribution is 2.43. The summed E-state index contributed by atoms with van der Waals surface area (Å²) < 4.78 is 67.5. The fourth-order valence-electron chi connectivity index (χ4n) is 10.4. The number of nitrogens with zero attached hydrogens (tertiary/aromatic N) is 2. The highest BCUT2D eigenvalue weighted by Gasteiger charge is 2.58. The number of benzene rings is 1. The SMILES string of the molecule is CCCNC[C@]1(O)[C@H](C)O[C@@H](O[C@H]2[C@H](C)[C@@H](O[C@@H]3O[C@H](C)C[C@H](N(C)S(=O)(=O)c4ccc(Cl)cc4)[C@H]3O)[C@](C)(O)C[C@@H](C)CN(C)[C@H](C)[C@@H](O)[C@](C)(O)[C@@H](CC)OC(=O)[C@@H]2C)C[C@@]1(C)OC. The van der Waals surface area contributed by atoms with E-state index in [2.05, 4.69) is 5.32 Å². The first-order chi connectivity index (χ1) is 30.5. The number of ether oxygens (including phenoxy) is 6. The fraction of sp³-hybridized carbons (Fsp3) is 0.851. The summed E-state index contributed by atoms with van der Waals surface area (Å²) in [6, 6.07) is 4.07. The maximum Gasteiger partial charge on any atom is 0.311 e.